The van der Waals surface area contributed by atoms with Gasteiger partial charge in [-0.25, -0.2) is 4.39 Å². The highest BCUT2D eigenvalue weighted by atomic mass is 35.5. The zero-order chi connectivity index (χ0) is 20.3. The van der Waals surface area contributed by atoms with Gasteiger partial charge in [-0.1, -0.05) is 29.8 Å². The summed E-state index contributed by atoms with van der Waals surface area (Å²) in [7, 11) is 1.48. The molecule has 0 bridgehead atoms. The van der Waals surface area contributed by atoms with Crippen LogP contribution < -0.4 is 5.56 Å². The number of hydrogen-bond donors (Lipinski definition) is 1. The monoisotopic (exact) mass is 401 g/mol. The Kier molecular flexibility index (Phi) is 5.87. The van der Waals surface area contributed by atoms with Gasteiger partial charge in [0.05, 0.1) is 18.0 Å². The number of benzene rings is 2. The number of aromatic nitrogens is 2. The molecule has 0 saturated heterocycles. The zero-order valence-electron chi connectivity index (χ0n) is 15.0. The summed E-state index contributed by atoms with van der Waals surface area (Å²) in [6.07, 6.45) is 0. The van der Waals surface area contributed by atoms with Gasteiger partial charge in [0.25, 0.3) is 11.5 Å². The molecule has 6 nitrogen and oxygen atoms in total. The van der Waals surface area contributed by atoms with Crippen LogP contribution in [0.2, 0.25) is 5.02 Å². The van der Waals surface area contributed by atoms with Crippen molar-refractivity contribution in [3.63, 3.8) is 0 Å². The Hall–Kier alpha value is -3.03. The van der Waals surface area contributed by atoms with Crippen LogP contribution >= 0.6 is 11.6 Å². The first-order valence-corrected chi connectivity index (χ1v) is 8.81. The average Bonchev–Trinajstić information content (AvgIpc) is 2.68. The van der Waals surface area contributed by atoms with Crippen LogP contribution in [-0.2, 0) is 0 Å². The van der Waals surface area contributed by atoms with Crippen molar-refractivity contribution in [1.82, 2.24) is 14.7 Å². The van der Waals surface area contributed by atoms with Crippen LogP contribution in [-0.4, -0.2) is 45.9 Å². The minimum absolute atomic E-state index is 0.0663. The summed E-state index contributed by atoms with van der Waals surface area (Å²) < 4.78 is 14.7. The maximum atomic E-state index is 13.7. The molecule has 144 valence electrons. The third-order valence-electron chi connectivity index (χ3n) is 4.12. The van der Waals surface area contributed by atoms with E-state index in [0.717, 1.165) is 10.7 Å². The standard InChI is InChI=1S/C20H17ClFN3O3/c1-24(9-10-26)19(27)17-12-18(13-5-7-14(21)8-6-13)23-25(20(17)28)16-4-2-3-15(22)11-16/h2-8,11-12,26H,9-10H2,1H3. The molecule has 3 rings (SSSR count). The number of rotatable bonds is 5. The average molecular weight is 402 g/mol. The van der Waals surface area contributed by atoms with E-state index < -0.39 is 17.3 Å². The van der Waals surface area contributed by atoms with Gasteiger partial charge in [-0.2, -0.15) is 9.78 Å². The molecule has 3 aromatic rings. The second-order valence-electron chi connectivity index (χ2n) is 6.10. The predicted octanol–water partition coefficient (Wildman–Crippen LogP) is 2.76. The van der Waals surface area contributed by atoms with Gasteiger partial charge in [0, 0.05) is 24.2 Å². The fourth-order valence-corrected chi connectivity index (χ4v) is 2.78. The van der Waals surface area contributed by atoms with Gasteiger partial charge >= 0.3 is 0 Å². The molecule has 0 radical (unpaired) electrons. The minimum Gasteiger partial charge on any atom is -0.395 e. The first kappa shape index (κ1) is 19.7. The highest BCUT2D eigenvalue weighted by Crippen LogP contribution is 2.21. The summed E-state index contributed by atoms with van der Waals surface area (Å²) in [4.78, 5) is 26.9. The number of aliphatic hydroxyl groups excluding tert-OH is 1. The number of amides is 1. The number of halogens is 2. The quantitative estimate of drug-likeness (QED) is 0.713. The fourth-order valence-electron chi connectivity index (χ4n) is 2.65. The van der Waals surface area contributed by atoms with Crippen LogP contribution in [0.25, 0.3) is 16.9 Å². The lowest BCUT2D eigenvalue weighted by Crippen LogP contribution is -2.36. The van der Waals surface area contributed by atoms with Gasteiger partial charge in [-0.05, 0) is 36.4 Å². The van der Waals surface area contributed by atoms with E-state index >= 15 is 0 Å². The Bertz CT molecular complexity index is 1070. The lowest BCUT2D eigenvalue weighted by Gasteiger charge is -2.17. The van der Waals surface area contributed by atoms with E-state index in [2.05, 4.69) is 5.10 Å². The topological polar surface area (TPSA) is 75.4 Å². The molecule has 1 heterocycles. The molecule has 0 unspecified atom stereocenters. The Balaban J connectivity index is 2.22. The molecular weight excluding hydrogens is 385 g/mol. The van der Waals surface area contributed by atoms with E-state index in [1.54, 1.807) is 24.3 Å². The van der Waals surface area contributed by atoms with Crippen molar-refractivity contribution in [2.24, 2.45) is 0 Å². The Morgan fingerprint density at radius 1 is 1.21 bits per heavy atom. The van der Waals surface area contributed by atoms with Gasteiger partial charge in [0.15, 0.2) is 0 Å². The highest BCUT2D eigenvalue weighted by Gasteiger charge is 2.20. The zero-order valence-corrected chi connectivity index (χ0v) is 15.7. The minimum atomic E-state index is -0.682. The smallest absolute Gasteiger partial charge is 0.284 e. The number of carbonyl (C=O) groups excluding carboxylic acids is 1. The predicted molar refractivity (Wildman–Crippen MR) is 104 cm³/mol. The van der Waals surface area contributed by atoms with Gasteiger partial charge < -0.3 is 10.0 Å². The number of aliphatic hydroxyl groups is 1. The van der Waals surface area contributed by atoms with E-state index in [1.807, 2.05) is 0 Å². The molecule has 0 aliphatic heterocycles. The van der Waals surface area contributed by atoms with Crippen LogP contribution in [0.3, 0.4) is 0 Å². The summed E-state index contributed by atoms with van der Waals surface area (Å²) in [5, 5.41) is 13.9. The van der Waals surface area contributed by atoms with Gasteiger partial charge in [-0.3, -0.25) is 9.59 Å². The van der Waals surface area contributed by atoms with Crippen molar-refractivity contribution in [2.75, 3.05) is 20.2 Å². The molecule has 0 atom stereocenters. The molecule has 0 spiro atoms. The van der Waals surface area contributed by atoms with Crippen molar-refractivity contribution >= 4 is 17.5 Å². The fraction of sp³-hybridized carbons (Fsp3) is 0.150. The lowest BCUT2D eigenvalue weighted by molar-refractivity contribution is 0.0764. The molecule has 0 aliphatic carbocycles. The molecule has 1 aromatic heterocycles. The first-order valence-electron chi connectivity index (χ1n) is 8.43. The molecule has 0 aliphatic rings. The van der Waals surface area contributed by atoms with E-state index in [1.165, 1.54) is 36.2 Å². The summed E-state index contributed by atoms with van der Waals surface area (Å²) in [5.74, 6) is -1.10. The van der Waals surface area contributed by atoms with Crippen molar-refractivity contribution < 1.29 is 14.3 Å². The summed E-state index contributed by atoms with van der Waals surface area (Å²) in [6.45, 7) is -0.174. The SMILES string of the molecule is CN(CCO)C(=O)c1cc(-c2ccc(Cl)cc2)nn(-c2cccc(F)c2)c1=O. The van der Waals surface area contributed by atoms with E-state index in [9.17, 15) is 14.0 Å². The molecule has 1 amide bonds. The molecular formula is C20H17ClFN3O3. The second-order valence-corrected chi connectivity index (χ2v) is 6.53. The van der Waals surface area contributed by atoms with Gasteiger partial charge in [-0.15, -0.1) is 0 Å². The molecule has 0 fully saturated rings. The maximum Gasteiger partial charge on any atom is 0.284 e. The van der Waals surface area contributed by atoms with Crippen LogP contribution in [0.4, 0.5) is 4.39 Å². The summed E-state index contributed by atoms with van der Waals surface area (Å²) in [6, 6.07) is 13.5. The second kappa shape index (κ2) is 8.33. The van der Waals surface area contributed by atoms with Crippen molar-refractivity contribution in [3.05, 3.63) is 81.4 Å². The lowest BCUT2D eigenvalue weighted by atomic mass is 10.1. The molecule has 2 aromatic carbocycles. The third-order valence-corrected chi connectivity index (χ3v) is 4.37. The van der Waals surface area contributed by atoms with Crippen LogP contribution in [0, 0.1) is 5.82 Å². The third kappa shape index (κ3) is 4.11. The number of nitrogens with zero attached hydrogens (tertiary/aromatic N) is 3. The van der Waals surface area contributed by atoms with E-state index in [-0.39, 0.29) is 24.4 Å². The molecule has 1 N–H and O–H groups in total. The maximum absolute atomic E-state index is 13.7. The number of hydrogen-bond acceptors (Lipinski definition) is 4. The molecule has 28 heavy (non-hydrogen) atoms. The summed E-state index contributed by atoms with van der Waals surface area (Å²) >= 11 is 5.93. The Morgan fingerprint density at radius 2 is 1.93 bits per heavy atom. The van der Waals surface area contributed by atoms with E-state index in [4.69, 9.17) is 16.7 Å². The normalized spacial score (nSPS) is 10.7. The van der Waals surface area contributed by atoms with E-state index in [0.29, 0.717) is 16.3 Å². The van der Waals surface area contributed by atoms with Crippen molar-refractivity contribution in [2.45, 2.75) is 0 Å². The largest absolute Gasteiger partial charge is 0.395 e. The van der Waals surface area contributed by atoms with Gasteiger partial charge in [0.2, 0.25) is 0 Å². The van der Waals surface area contributed by atoms with Crippen molar-refractivity contribution in [3.8, 4) is 16.9 Å². The first-order chi connectivity index (χ1) is 13.4. The summed E-state index contributed by atoms with van der Waals surface area (Å²) in [5.41, 5.74) is 0.354. The highest BCUT2D eigenvalue weighted by molar-refractivity contribution is 6.30. The van der Waals surface area contributed by atoms with Gasteiger partial charge in [0.1, 0.15) is 11.4 Å². The Labute approximate surface area is 165 Å². The van der Waals surface area contributed by atoms with Crippen LogP contribution in [0.15, 0.2) is 59.4 Å². The number of carbonyl (C=O) groups is 1. The van der Waals surface area contributed by atoms with Crippen molar-refractivity contribution in [1.29, 1.82) is 0 Å². The molecule has 8 heteroatoms. The Morgan fingerprint density at radius 3 is 2.57 bits per heavy atom. The molecule has 0 saturated carbocycles. The number of likely N-dealkylation sites (N-methyl/N-ethyl adjacent to an activating group) is 1. The van der Waals surface area contributed by atoms with Crippen LogP contribution in [0.1, 0.15) is 10.4 Å². The van der Waals surface area contributed by atoms with Crippen LogP contribution in [0.5, 0.6) is 0 Å².